The van der Waals surface area contributed by atoms with Crippen molar-refractivity contribution in [2.45, 2.75) is 20.4 Å². The Balaban J connectivity index is 2.07. The largest absolute Gasteiger partial charge is 0.326 e. The van der Waals surface area contributed by atoms with E-state index < -0.39 is 5.82 Å². The van der Waals surface area contributed by atoms with E-state index in [1.807, 2.05) is 30.6 Å². The second-order valence-corrected chi connectivity index (χ2v) is 5.19. The summed E-state index contributed by atoms with van der Waals surface area (Å²) in [5.41, 5.74) is 4.80. The first-order valence-corrected chi connectivity index (χ1v) is 6.69. The average molecular weight is 279 g/mol. The van der Waals surface area contributed by atoms with E-state index in [1.165, 1.54) is 17.2 Å². The van der Waals surface area contributed by atoms with Crippen molar-refractivity contribution in [3.8, 4) is 6.07 Å². The van der Waals surface area contributed by atoms with Crippen LogP contribution in [0, 0.1) is 31.0 Å². The lowest BCUT2D eigenvalue weighted by Crippen LogP contribution is -2.02. The van der Waals surface area contributed by atoms with Crippen LogP contribution in [0.15, 0.2) is 36.7 Å². The van der Waals surface area contributed by atoms with Crippen LogP contribution in [0.4, 0.5) is 4.39 Å². The van der Waals surface area contributed by atoms with Crippen LogP contribution in [0.5, 0.6) is 0 Å². The Morgan fingerprint density at radius 1 is 1.24 bits per heavy atom. The lowest BCUT2D eigenvalue weighted by atomic mass is 10.1. The zero-order valence-corrected chi connectivity index (χ0v) is 11.9. The molecule has 0 spiro atoms. The number of hydrogen-bond donors (Lipinski definition) is 0. The quantitative estimate of drug-likeness (QED) is 0.717. The minimum absolute atomic E-state index is 0.0731. The maximum Gasteiger partial charge on any atom is 0.145 e. The van der Waals surface area contributed by atoms with Gasteiger partial charge in [-0.1, -0.05) is 12.1 Å². The van der Waals surface area contributed by atoms with Crippen LogP contribution in [0.3, 0.4) is 0 Å². The molecule has 0 radical (unpaired) electrons. The standard InChI is InChI=1S/C17H14FN3/c1-11-6-15-16(7-12(11)2)21(10-20-15)9-14-5-3-4-13(8-19)17(14)18/h3-7,10H,9H2,1-2H3. The van der Waals surface area contributed by atoms with E-state index in [9.17, 15) is 4.39 Å². The third kappa shape index (κ3) is 2.27. The number of rotatable bonds is 2. The van der Waals surface area contributed by atoms with Gasteiger partial charge in [0.05, 0.1) is 29.5 Å². The molecule has 0 bridgehead atoms. The van der Waals surface area contributed by atoms with Gasteiger partial charge in [-0.25, -0.2) is 9.37 Å². The topological polar surface area (TPSA) is 41.6 Å². The molecule has 0 unspecified atom stereocenters. The number of aromatic nitrogens is 2. The summed E-state index contributed by atoms with van der Waals surface area (Å²) >= 11 is 0. The molecule has 0 aliphatic rings. The Bertz CT molecular complexity index is 872. The normalized spacial score (nSPS) is 10.8. The van der Waals surface area contributed by atoms with Crippen molar-refractivity contribution >= 4 is 11.0 Å². The zero-order chi connectivity index (χ0) is 15.0. The van der Waals surface area contributed by atoms with Crippen LogP contribution < -0.4 is 0 Å². The summed E-state index contributed by atoms with van der Waals surface area (Å²) in [4.78, 5) is 4.36. The summed E-state index contributed by atoms with van der Waals surface area (Å²) in [6.07, 6.45) is 1.71. The van der Waals surface area contributed by atoms with Crippen molar-refractivity contribution in [3.63, 3.8) is 0 Å². The number of nitriles is 1. The smallest absolute Gasteiger partial charge is 0.145 e. The van der Waals surface area contributed by atoms with Gasteiger partial charge in [0.1, 0.15) is 11.9 Å². The van der Waals surface area contributed by atoms with E-state index in [0.29, 0.717) is 12.1 Å². The third-order valence-electron chi connectivity index (χ3n) is 3.78. The van der Waals surface area contributed by atoms with Crippen molar-refractivity contribution in [1.82, 2.24) is 9.55 Å². The van der Waals surface area contributed by atoms with E-state index in [0.717, 1.165) is 11.0 Å². The maximum absolute atomic E-state index is 14.2. The summed E-state index contributed by atoms with van der Waals surface area (Å²) in [7, 11) is 0. The Morgan fingerprint density at radius 3 is 2.76 bits per heavy atom. The molecule has 3 rings (SSSR count). The molecule has 21 heavy (non-hydrogen) atoms. The van der Waals surface area contributed by atoms with Gasteiger partial charge in [-0.05, 0) is 43.2 Å². The van der Waals surface area contributed by atoms with Crippen LogP contribution in [-0.2, 0) is 6.54 Å². The van der Waals surface area contributed by atoms with E-state index >= 15 is 0 Å². The Morgan fingerprint density at radius 2 is 2.00 bits per heavy atom. The number of hydrogen-bond acceptors (Lipinski definition) is 2. The van der Waals surface area contributed by atoms with Crippen LogP contribution in [0.1, 0.15) is 22.3 Å². The van der Waals surface area contributed by atoms with Crippen LogP contribution in [0.2, 0.25) is 0 Å². The lowest BCUT2D eigenvalue weighted by Gasteiger charge is -2.08. The summed E-state index contributed by atoms with van der Waals surface area (Å²) in [5.74, 6) is -0.453. The maximum atomic E-state index is 14.2. The molecule has 0 N–H and O–H groups in total. The number of fused-ring (bicyclic) bond motifs is 1. The van der Waals surface area contributed by atoms with Crippen molar-refractivity contribution in [2.75, 3.05) is 0 Å². The monoisotopic (exact) mass is 279 g/mol. The van der Waals surface area contributed by atoms with Crippen molar-refractivity contribution < 1.29 is 4.39 Å². The number of halogens is 1. The number of aryl methyl sites for hydroxylation is 2. The Kier molecular flexibility index (Phi) is 3.19. The highest BCUT2D eigenvalue weighted by Crippen LogP contribution is 2.21. The minimum Gasteiger partial charge on any atom is -0.326 e. The second-order valence-electron chi connectivity index (χ2n) is 5.19. The predicted molar refractivity (Wildman–Crippen MR) is 79.4 cm³/mol. The van der Waals surface area contributed by atoms with E-state index in [4.69, 9.17) is 5.26 Å². The number of imidazole rings is 1. The molecule has 3 aromatic rings. The minimum atomic E-state index is -0.453. The molecule has 0 saturated carbocycles. The fraction of sp³-hybridized carbons (Fsp3) is 0.176. The molecule has 0 atom stereocenters. The molecule has 104 valence electrons. The molecular weight excluding hydrogens is 265 g/mol. The summed E-state index contributed by atoms with van der Waals surface area (Å²) in [6.45, 7) is 4.45. The fourth-order valence-electron chi connectivity index (χ4n) is 2.41. The highest BCUT2D eigenvalue weighted by atomic mass is 19.1. The van der Waals surface area contributed by atoms with Crippen LogP contribution in [-0.4, -0.2) is 9.55 Å². The van der Waals surface area contributed by atoms with Crippen LogP contribution >= 0.6 is 0 Å². The molecule has 0 saturated heterocycles. The first kappa shape index (κ1) is 13.3. The Labute approximate surface area is 122 Å². The van der Waals surface area contributed by atoms with Crippen molar-refractivity contribution in [2.24, 2.45) is 0 Å². The van der Waals surface area contributed by atoms with Gasteiger partial charge in [-0.2, -0.15) is 5.26 Å². The van der Waals surface area contributed by atoms with Gasteiger partial charge < -0.3 is 4.57 Å². The molecule has 0 amide bonds. The molecule has 4 heteroatoms. The van der Waals surface area contributed by atoms with Gasteiger partial charge in [-0.3, -0.25) is 0 Å². The van der Waals surface area contributed by atoms with Gasteiger partial charge in [-0.15, -0.1) is 0 Å². The molecule has 3 nitrogen and oxygen atoms in total. The molecule has 1 aromatic heterocycles. The third-order valence-corrected chi connectivity index (χ3v) is 3.78. The van der Waals surface area contributed by atoms with Gasteiger partial charge in [0, 0.05) is 5.56 Å². The molecule has 0 fully saturated rings. The summed E-state index contributed by atoms with van der Waals surface area (Å²) in [6, 6.07) is 10.8. The molecule has 2 aromatic carbocycles. The zero-order valence-electron chi connectivity index (χ0n) is 11.9. The van der Waals surface area contributed by atoms with Gasteiger partial charge >= 0.3 is 0 Å². The predicted octanol–water partition coefficient (Wildman–Crippen LogP) is 3.71. The van der Waals surface area contributed by atoms with Crippen molar-refractivity contribution in [1.29, 1.82) is 5.26 Å². The summed E-state index contributed by atoms with van der Waals surface area (Å²) in [5, 5.41) is 8.90. The first-order valence-electron chi connectivity index (χ1n) is 6.69. The molecular formula is C17H14FN3. The highest BCUT2D eigenvalue weighted by molar-refractivity contribution is 5.77. The SMILES string of the molecule is Cc1cc2ncn(Cc3cccc(C#N)c3F)c2cc1C. The second kappa shape index (κ2) is 5.02. The van der Waals surface area contributed by atoms with Crippen molar-refractivity contribution in [3.05, 3.63) is 64.7 Å². The van der Waals surface area contributed by atoms with E-state index in [2.05, 4.69) is 11.1 Å². The summed E-state index contributed by atoms with van der Waals surface area (Å²) < 4.78 is 16.1. The van der Waals surface area contributed by atoms with E-state index in [-0.39, 0.29) is 5.56 Å². The van der Waals surface area contributed by atoms with Gasteiger partial charge in [0.2, 0.25) is 0 Å². The number of benzene rings is 2. The molecule has 1 heterocycles. The molecule has 0 aliphatic heterocycles. The van der Waals surface area contributed by atoms with Gasteiger partial charge in [0.25, 0.3) is 0 Å². The molecule has 0 aliphatic carbocycles. The lowest BCUT2D eigenvalue weighted by molar-refractivity contribution is 0.598. The van der Waals surface area contributed by atoms with Gasteiger partial charge in [0.15, 0.2) is 0 Å². The average Bonchev–Trinajstić information content (AvgIpc) is 2.84. The first-order chi connectivity index (χ1) is 10.1. The van der Waals surface area contributed by atoms with E-state index in [1.54, 1.807) is 18.5 Å². The van der Waals surface area contributed by atoms with Crippen LogP contribution in [0.25, 0.3) is 11.0 Å². The highest BCUT2D eigenvalue weighted by Gasteiger charge is 2.10. The number of nitrogens with zero attached hydrogens (tertiary/aromatic N) is 3. The Hall–Kier alpha value is -2.67. The fourth-order valence-corrected chi connectivity index (χ4v) is 2.41.